The number of fused-ring (bicyclic) bond motifs is 1. The lowest BCUT2D eigenvalue weighted by molar-refractivity contribution is -0.145. The van der Waals surface area contributed by atoms with E-state index >= 15 is 0 Å². The van der Waals surface area contributed by atoms with Crippen LogP contribution < -0.4 is 4.74 Å². The second-order valence-corrected chi connectivity index (χ2v) is 7.02. The molecule has 1 unspecified atom stereocenters. The maximum absolute atomic E-state index is 11.0. The monoisotopic (exact) mass is 289 g/mol. The van der Waals surface area contributed by atoms with Crippen molar-refractivity contribution >= 4 is 5.97 Å². The molecule has 4 nitrogen and oxygen atoms in total. The van der Waals surface area contributed by atoms with Crippen LogP contribution in [0.25, 0.3) is 0 Å². The fraction of sp³-hybridized carbons (Fsp3) is 0.588. The normalized spacial score (nSPS) is 22.2. The summed E-state index contributed by atoms with van der Waals surface area (Å²) in [4.78, 5) is 13.3. The Bertz CT molecular complexity index is 561. The number of likely N-dealkylation sites (tertiary alicyclic amines) is 1. The van der Waals surface area contributed by atoms with Crippen LogP contribution in [-0.2, 0) is 17.8 Å². The van der Waals surface area contributed by atoms with Gasteiger partial charge in [0, 0.05) is 31.6 Å². The number of carboxylic acids is 1. The van der Waals surface area contributed by atoms with Crippen LogP contribution in [0.3, 0.4) is 0 Å². The lowest BCUT2D eigenvalue weighted by atomic mass is 9.86. The van der Waals surface area contributed by atoms with E-state index in [2.05, 4.69) is 36.9 Å². The molecule has 0 spiro atoms. The molecule has 0 saturated carbocycles. The van der Waals surface area contributed by atoms with Gasteiger partial charge in [-0.25, -0.2) is 0 Å². The minimum Gasteiger partial charge on any atom is -0.487 e. The highest BCUT2D eigenvalue weighted by Gasteiger charge is 2.36. The quantitative estimate of drug-likeness (QED) is 0.925. The minimum atomic E-state index is -0.690. The number of rotatable bonds is 4. The van der Waals surface area contributed by atoms with Crippen molar-refractivity contribution in [2.24, 2.45) is 11.8 Å². The third-order valence-electron chi connectivity index (χ3n) is 4.65. The van der Waals surface area contributed by atoms with E-state index in [1.807, 2.05) is 0 Å². The summed E-state index contributed by atoms with van der Waals surface area (Å²) in [5.74, 6) is 0.372. The molecule has 2 heterocycles. The summed E-state index contributed by atoms with van der Waals surface area (Å²) in [5, 5.41) is 9.04. The lowest BCUT2D eigenvalue weighted by Crippen LogP contribution is -2.50. The Balaban J connectivity index is 1.64. The molecule has 114 valence electrons. The largest absolute Gasteiger partial charge is 0.487 e. The Morgan fingerprint density at radius 2 is 2.19 bits per heavy atom. The summed E-state index contributed by atoms with van der Waals surface area (Å²) in [7, 11) is 0. The molecule has 2 aliphatic rings. The second-order valence-electron chi connectivity index (χ2n) is 7.02. The molecule has 0 radical (unpaired) electrons. The maximum atomic E-state index is 11.0. The van der Waals surface area contributed by atoms with Crippen LogP contribution in [0.15, 0.2) is 18.2 Å². The predicted octanol–water partition coefficient (Wildman–Crippen LogP) is 2.55. The van der Waals surface area contributed by atoms with E-state index in [4.69, 9.17) is 9.84 Å². The van der Waals surface area contributed by atoms with Gasteiger partial charge in [0.2, 0.25) is 0 Å². The van der Waals surface area contributed by atoms with E-state index < -0.39 is 5.97 Å². The van der Waals surface area contributed by atoms with Crippen LogP contribution in [-0.4, -0.2) is 34.7 Å². The van der Waals surface area contributed by atoms with Crippen LogP contribution in [0.5, 0.6) is 5.75 Å². The number of ether oxygens (including phenoxy) is 1. The van der Waals surface area contributed by atoms with Gasteiger partial charge in [-0.05, 0) is 25.3 Å². The van der Waals surface area contributed by atoms with Crippen LogP contribution in [0.1, 0.15) is 31.9 Å². The van der Waals surface area contributed by atoms with Crippen molar-refractivity contribution in [3.05, 3.63) is 29.3 Å². The first-order chi connectivity index (χ1) is 9.85. The van der Waals surface area contributed by atoms with E-state index in [9.17, 15) is 4.79 Å². The average Bonchev–Trinajstić information content (AvgIpc) is 2.67. The molecule has 1 fully saturated rings. The van der Waals surface area contributed by atoms with Gasteiger partial charge in [-0.1, -0.05) is 25.1 Å². The summed E-state index contributed by atoms with van der Waals surface area (Å²) in [6, 6.07) is 6.35. The van der Waals surface area contributed by atoms with Crippen molar-refractivity contribution in [2.45, 2.75) is 39.3 Å². The average molecular weight is 289 g/mol. The highest BCUT2D eigenvalue weighted by Crippen LogP contribution is 2.39. The van der Waals surface area contributed by atoms with Crippen molar-refractivity contribution < 1.29 is 14.6 Å². The van der Waals surface area contributed by atoms with Crippen molar-refractivity contribution in [1.82, 2.24) is 4.90 Å². The molecule has 1 atom stereocenters. The second kappa shape index (κ2) is 5.02. The van der Waals surface area contributed by atoms with Gasteiger partial charge in [0.05, 0.1) is 5.92 Å². The molecule has 4 heteroatoms. The Morgan fingerprint density at radius 1 is 1.48 bits per heavy atom. The molecule has 0 aliphatic carbocycles. The van der Waals surface area contributed by atoms with Gasteiger partial charge in [0.15, 0.2) is 0 Å². The van der Waals surface area contributed by atoms with Crippen molar-refractivity contribution in [2.75, 3.05) is 13.1 Å². The van der Waals surface area contributed by atoms with Crippen molar-refractivity contribution in [1.29, 1.82) is 0 Å². The summed E-state index contributed by atoms with van der Waals surface area (Å²) in [5.41, 5.74) is 2.39. The number of benzene rings is 1. The zero-order valence-electron chi connectivity index (χ0n) is 12.9. The van der Waals surface area contributed by atoms with Crippen LogP contribution >= 0.6 is 0 Å². The van der Waals surface area contributed by atoms with Gasteiger partial charge in [0.25, 0.3) is 0 Å². The van der Waals surface area contributed by atoms with Gasteiger partial charge in [-0.2, -0.15) is 0 Å². The summed E-state index contributed by atoms with van der Waals surface area (Å²) < 4.78 is 6.09. The first kappa shape index (κ1) is 14.4. The fourth-order valence-corrected chi connectivity index (χ4v) is 3.30. The van der Waals surface area contributed by atoms with E-state index in [1.165, 1.54) is 11.1 Å². The fourth-order valence-electron chi connectivity index (χ4n) is 3.30. The van der Waals surface area contributed by atoms with E-state index in [-0.39, 0.29) is 17.4 Å². The molecule has 0 bridgehead atoms. The number of para-hydroxylation sites is 1. The SMILES string of the molecule is CC(C(=O)O)C1CN(Cc2cccc3c2OC(C)(C)C3)C1. The lowest BCUT2D eigenvalue weighted by Gasteiger charge is -2.41. The number of nitrogens with zero attached hydrogens (tertiary/aromatic N) is 1. The predicted molar refractivity (Wildman–Crippen MR) is 80.4 cm³/mol. The molecule has 1 aromatic carbocycles. The first-order valence-corrected chi connectivity index (χ1v) is 7.61. The van der Waals surface area contributed by atoms with Crippen molar-refractivity contribution in [3.63, 3.8) is 0 Å². The highest BCUT2D eigenvalue weighted by molar-refractivity contribution is 5.70. The topological polar surface area (TPSA) is 49.8 Å². The number of carboxylic acid groups (broad SMARTS) is 1. The van der Waals surface area contributed by atoms with E-state index in [0.29, 0.717) is 0 Å². The number of aliphatic carboxylic acids is 1. The van der Waals surface area contributed by atoms with Crippen LogP contribution in [0, 0.1) is 11.8 Å². The molecule has 1 N–H and O–H groups in total. The van der Waals surface area contributed by atoms with E-state index in [1.54, 1.807) is 6.92 Å². The summed E-state index contributed by atoms with van der Waals surface area (Å²) in [6.07, 6.45) is 0.953. The summed E-state index contributed by atoms with van der Waals surface area (Å²) >= 11 is 0. The van der Waals surface area contributed by atoms with Crippen LogP contribution in [0.4, 0.5) is 0 Å². The van der Waals surface area contributed by atoms with Gasteiger partial charge >= 0.3 is 5.97 Å². The highest BCUT2D eigenvalue weighted by atomic mass is 16.5. The molecule has 1 aromatic rings. The summed E-state index contributed by atoms with van der Waals surface area (Å²) in [6.45, 7) is 8.61. The molecule has 0 amide bonds. The molecule has 0 aromatic heterocycles. The zero-order chi connectivity index (χ0) is 15.2. The van der Waals surface area contributed by atoms with Gasteiger partial charge in [0.1, 0.15) is 11.4 Å². The van der Waals surface area contributed by atoms with Gasteiger partial charge < -0.3 is 9.84 Å². The molecule has 3 rings (SSSR count). The molecule has 21 heavy (non-hydrogen) atoms. The first-order valence-electron chi connectivity index (χ1n) is 7.61. The standard InChI is InChI=1S/C17H23NO3/c1-11(16(19)20)14-9-18(10-14)8-13-6-4-5-12-7-17(2,3)21-15(12)13/h4-6,11,14H,7-10H2,1-3H3,(H,19,20). The number of hydrogen-bond donors (Lipinski definition) is 1. The Labute approximate surface area is 125 Å². The van der Waals surface area contributed by atoms with Crippen LogP contribution in [0.2, 0.25) is 0 Å². The minimum absolute atomic E-state index is 0.117. The Kier molecular flexibility index (Phi) is 3.44. The van der Waals surface area contributed by atoms with Gasteiger partial charge in [-0.3, -0.25) is 9.69 Å². The Hall–Kier alpha value is -1.55. The van der Waals surface area contributed by atoms with Gasteiger partial charge in [-0.15, -0.1) is 0 Å². The Morgan fingerprint density at radius 3 is 2.86 bits per heavy atom. The smallest absolute Gasteiger partial charge is 0.306 e. The number of carbonyl (C=O) groups is 1. The van der Waals surface area contributed by atoms with E-state index in [0.717, 1.165) is 31.8 Å². The molecule has 1 saturated heterocycles. The van der Waals surface area contributed by atoms with Crippen molar-refractivity contribution in [3.8, 4) is 5.75 Å². The molecule has 2 aliphatic heterocycles. The maximum Gasteiger partial charge on any atom is 0.306 e. The molecular weight excluding hydrogens is 266 g/mol. The third-order valence-corrected chi connectivity index (χ3v) is 4.65. The molecular formula is C17H23NO3. The number of hydrogen-bond acceptors (Lipinski definition) is 3. The zero-order valence-corrected chi connectivity index (χ0v) is 12.9. The third kappa shape index (κ3) is 2.77.